The Labute approximate surface area is 290 Å². The molecule has 6 aromatic carbocycles. The van der Waals surface area contributed by atoms with Gasteiger partial charge in [0.1, 0.15) is 0 Å². The Morgan fingerprint density at radius 1 is 0.318 bits per heavy atom. The van der Waals surface area contributed by atoms with Crippen LogP contribution in [0.15, 0.2) is 182 Å². The Hall–Kier alpha value is -2.61. The Kier molecular flexibility index (Phi) is 15.5. The van der Waals surface area contributed by atoms with Crippen molar-refractivity contribution in [3.8, 4) is 0 Å². The molecule has 0 unspecified atom stereocenters. The molecule has 0 saturated carbocycles. The molecule has 0 aliphatic carbocycles. The summed E-state index contributed by atoms with van der Waals surface area (Å²) in [5.74, 6) is 0. The molecule has 0 fully saturated rings. The van der Waals surface area contributed by atoms with Crippen LogP contribution >= 0.6 is 15.8 Å². The second kappa shape index (κ2) is 19.0. The molecule has 0 aliphatic heterocycles. The standard InChI is InChI=1S/2C18H15P.C4H9Se.Pt.H/c2*1-4-10-16(11-5-1)19(17-12-6-2-7-13-17)18-14-8-3-9-15-18;1-4(2,3)5;;/h2*1-15H;1-3H3;;. The molecule has 1 radical (unpaired) electrons. The first-order chi connectivity index (χ1) is 20.9. The molecule has 0 N–H and O–H groups in total. The molecule has 0 amide bonds. The van der Waals surface area contributed by atoms with Crippen LogP contribution < -0.4 is 31.8 Å². The topological polar surface area (TPSA) is 0 Å². The van der Waals surface area contributed by atoms with Crippen molar-refractivity contribution in [2.45, 2.75) is 25.1 Å². The van der Waals surface area contributed by atoms with E-state index in [4.69, 9.17) is 0 Å². The summed E-state index contributed by atoms with van der Waals surface area (Å²) in [5, 5.41) is 8.39. The molecule has 0 spiro atoms. The molecular formula is C40H40P2PtSe. The third-order valence-electron chi connectivity index (χ3n) is 6.09. The fourth-order valence-corrected chi connectivity index (χ4v) is 8.97. The molecule has 44 heavy (non-hydrogen) atoms. The quantitative estimate of drug-likeness (QED) is 0.118. The van der Waals surface area contributed by atoms with Gasteiger partial charge in [0.2, 0.25) is 0 Å². The fourth-order valence-electron chi connectivity index (χ4n) is 4.36. The predicted molar refractivity (Wildman–Crippen MR) is 197 cm³/mol. The molecule has 6 aromatic rings. The summed E-state index contributed by atoms with van der Waals surface area (Å²) < 4.78 is 0.375. The van der Waals surface area contributed by atoms with Crippen LogP contribution in [0.5, 0.6) is 0 Å². The largest absolute Gasteiger partial charge is 0.0622 e. The zero-order chi connectivity index (χ0) is 30.3. The van der Waals surface area contributed by atoms with Crippen LogP contribution in [-0.2, 0) is 21.1 Å². The summed E-state index contributed by atoms with van der Waals surface area (Å²) in [6.07, 6.45) is 0. The minimum Gasteiger partial charge on any atom is -0.0622 e. The van der Waals surface area contributed by atoms with Gasteiger partial charge in [-0.1, -0.05) is 182 Å². The summed E-state index contributed by atoms with van der Waals surface area (Å²) in [4.78, 5) is 0. The monoisotopic (exact) mass is 857 g/mol. The van der Waals surface area contributed by atoms with Gasteiger partial charge in [-0.2, -0.15) is 0 Å². The van der Waals surface area contributed by atoms with E-state index in [2.05, 4.69) is 219 Å². The third kappa shape index (κ3) is 12.1. The number of benzene rings is 6. The minimum atomic E-state index is -0.446. The van der Waals surface area contributed by atoms with Gasteiger partial charge in [-0.05, 0) is 47.7 Å². The molecule has 226 valence electrons. The minimum absolute atomic E-state index is 0. The van der Waals surface area contributed by atoms with E-state index in [0.717, 1.165) is 0 Å². The van der Waals surface area contributed by atoms with Crippen molar-refractivity contribution >= 4 is 63.7 Å². The van der Waals surface area contributed by atoms with Gasteiger partial charge in [-0.3, -0.25) is 0 Å². The smallest absolute Gasteiger partial charge is 0.0134 e. The van der Waals surface area contributed by atoms with Gasteiger partial charge < -0.3 is 0 Å². The first kappa shape index (κ1) is 35.9. The zero-order valence-corrected chi connectivity index (χ0v) is 31.4. The number of hydrogen-bond donors (Lipinski definition) is 0. The van der Waals surface area contributed by atoms with Crippen molar-refractivity contribution in [1.82, 2.24) is 0 Å². The molecular weight excluding hydrogens is 816 g/mol. The van der Waals surface area contributed by atoms with Gasteiger partial charge in [0.05, 0.1) is 0 Å². The first-order valence-corrected chi connectivity index (χ1v) is 18.0. The van der Waals surface area contributed by atoms with Crippen LogP contribution in [0.1, 0.15) is 20.8 Å². The summed E-state index contributed by atoms with van der Waals surface area (Å²) >= 11 is 2.98. The second-order valence-corrected chi connectivity index (χ2v) is 17.8. The molecule has 0 heterocycles. The Bertz CT molecular complexity index is 1260. The average Bonchev–Trinajstić information content (AvgIpc) is 3.04. The fraction of sp³-hybridized carbons (Fsp3) is 0.100. The van der Waals surface area contributed by atoms with E-state index in [-0.39, 0.29) is 21.1 Å². The molecule has 0 nitrogen and oxygen atoms in total. The van der Waals surface area contributed by atoms with Crippen LogP contribution in [0, 0.1) is 0 Å². The number of hydrogen-bond acceptors (Lipinski definition) is 0. The molecule has 0 aliphatic rings. The van der Waals surface area contributed by atoms with Crippen molar-refractivity contribution in [3.05, 3.63) is 182 Å². The summed E-state index contributed by atoms with van der Waals surface area (Å²) in [6, 6.07) is 64.7. The molecule has 6 rings (SSSR count). The van der Waals surface area contributed by atoms with Gasteiger partial charge >= 0.3 is 62.2 Å². The van der Waals surface area contributed by atoms with E-state index in [1.165, 1.54) is 31.8 Å². The van der Waals surface area contributed by atoms with Gasteiger partial charge in [0.15, 0.2) is 0 Å². The van der Waals surface area contributed by atoms with Crippen molar-refractivity contribution in [3.63, 3.8) is 0 Å². The average molecular weight is 857 g/mol. The predicted octanol–water partition coefficient (Wildman–Crippen LogP) is 7.99. The van der Waals surface area contributed by atoms with Gasteiger partial charge in [-0.15, -0.1) is 0 Å². The van der Waals surface area contributed by atoms with Gasteiger partial charge in [0, 0.05) is 0 Å². The molecule has 0 aromatic heterocycles. The zero-order valence-electron chi connectivity index (χ0n) is 25.5. The van der Waals surface area contributed by atoms with Crippen LogP contribution in [0.4, 0.5) is 0 Å². The first-order valence-electron chi connectivity index (χ1n) is 14.5. The summed E-state index contributed by atoms with van der Waals surface area (Å²) in [5.41, 5.74) is 0. The van der Waals surface area contributed by atoms with E-state index in [1.54, 1.807) is 0 Å². The van der Waals surface area contributed by atoms with E-state index in [1.807, 2.05) is 0 Å². The van der Waals surface area contributed by atoms with E-state index in [9.17, 15) is 0 Å². The Morgan fingerprint density at radius 3 is 0.545 bits per heavy atom. The van der Waals surface area contributed by atoms with E-state index in [0.29, 0.717) is 4.31 Å². The summed E-state index contributed by atoms with van der Waals surface area (Å²) in [7, 11) is -0.892. The van der Waals surface area contributed by atoms with Crippen LogP contribution in [0.2, 0.25) is 4.31 Å². The molecule has 0 bridgehead atoms. The van der Waals surface area contributed by atoms with Crippen LogP contribution in [0.3, 0.4) is 0 Å². The summed E-state index contributed by atoms with van der Waals surface area (Å²) in [6.45, 7) is 6.40. The molecule has 4 heteroatoms. The van der Waals surface area contributed by atoms with E-state index >= 15 is 0 Å². The van der Waals surface area contributed by atoms with Crippen molar-refractivity contribution in [2.75, 3.05) is 0 Å². The molecule has 0 atom stereocenters. The van der Waals surface area contributed by atoms with Crippen molar-refractivity contribution < 1.29 is 21.1 Å². The third-order valence-corrected chi connectivity index (χ3v) is 11.0. The Morgan fingerprint density at radius 2 is 0.432 bits per heavy atom. The Balaban J connectivity index is 0.000000205. The van der Waals surface area contributed by atoms with Gasteiger partial charge in [-0.25, -0.2) is 0 Å². The normalized spacial score (nSPS) is 10.5. The van der Waals surface area contributed by atoms with Crippen molar-refractivity contribution in [2.24, 2.45) is 0 Å². The maximum Gasteiger partial charge on any atom is -0.0134 e. The number of rotatable bonds is 6. The van der Waals surface area contributed by atoms with Crippen molar-refractivity contribution in [1.29, 1.82) is 0 Å². The van der Waals surface area contributed by atoms with Crippen LogP contribution in [0.25, 0.3) is 0 Å². The van der Waals surface area contributed by atoms with Gasteiger partial charge in [0.25, 0.3) is 0 Å². The molecule has 0 saturated heterocycles. The SMILES string of the molecule is CC(C)(C)[Se].[PtH].c1ccc(P(c2ccccc2)c2ccccc2)cc1.c1ccc(P(c2ccccc2)c2ccccc2)cc1. The van der Waals surface area contributed by atoms with Crippen LogP contribution in [-0.4, -0.2) is 16.0 Å². The maximum absolute atomic E-state index is 2.98. The maximum atomic E-state index is 2.98. The second-order valence-electron chi connectivity index (χ2n) is 10.8. The van der Waals surface area contributed by atoms with E-state index < -0.39 is 15.8 Å².